The fraction of sp³-hybridized carbons (Fsp3) is 0.846. The third-order valence-corrected chi connectivity index (χ3v) is 6.33. The first kappa shape index (κ1) is 26.7. The lowest BCUT2D eigenvalue weighted by Crippen LogP contribution is -2.35. The molecule has 1 aliphatic rings. The van der Waals surface area contributed by atoms with Crippen molar-refractivity contribution in [2.75, 3.05) is 0 Å². The Kier molecular flexibility index (Phi) is 13.8. The molecular formula is C26H46O4. The average Bonchev–Trinajstić information content (AvgIpc) is 2.70. The summed E-state index contributed by atoms with van der Waals surface area (Å²) in [6.45, 7) is 8.75. The van der Waals surface area contributed by atoms with Gasteiger partial charge in [-0.3, -0.25) is 9.59 Å². The van der Waals surface area contributed by atoms with Crippen LogP contribution in [0.3, 0.4) is 0 Å². The van der Waals surface area contributed by atoms with Crippen molar-refractivity contribution in [1.29, 1.82) is 0 Å². The monoisotopic (exact) mass is 422 g/mol. The molecule has 1 rings (SSSR count). The summed E-state index contributed by atoms with van der Waals surface area (Å²) < 4.78 is 5.80. The van der Waals surface area contributed by atoms with E-state index in [2.05, 4.69) is 27.7 Å². The maximum Gasteiger partial charge on any atom is 0.310 e. The average molecular weight is 423 g/mol. The second kappa shape index (κ2) is 15.5. The summed E-state index contributed by atoms with van der Waals surface area (Å²) >= 11 is 0. The highest BCUT2D eigenvalue weighted by Gasteiger charge is 2.36. The summed E-state index contributed by atoms with van der Waals surface area (Å²) in [6, 6.07) is 0. The zero-order valence-corrected chi connectivity index (χ0v) is 19.9. The van der Waals surface area contributed by atoms with Crippen LogP contribution in [0.25, 0.3) is 0 Å². The Morgan fingerprint density at radius 1 is 0.800 bits per heavy atom. The van der Waals surface area contributed by atoms with E-state index < -0.39 is 17.8 Å². The molecule has 0 aliphatic heterocycles. The van der Waals surface area contributed by atoms with Crippen LogP contribution in [0.2, 0.25) is 0 Å². The molecule has 4 nitrogen and oxygen atoms in total. The number of allylic oxidation sites excluding steroid dienone is 2. The molecule has 3 atom stereocenters. The zero-order valence-electron chi connectivity index (χ0n) is 19.9. The van der Waals surface area contributed by atoms with Crippen LogP contribution in [0.15, 0.2) is 12.2 Å². The van der Waals surface area contributed by atoms with Crippen molar-refractivity contribution in [2.45, 2.75) is 117 Å². The SMILES string of the molecule is CC(C)CCCCCCCCCCCC(OC(=O)C1CC=CCC1C(=O)O)C(C)C. The fourth-order valence-corrected chi connectivity index (χ4v) is 4.25. The van der Waals surface area contributed by atoms with Gasteiger partial charge in [0.2, 0.25) is 0 Å². The summed E-state index contributed by atoms with van der Waals surface area (Å²) in [7, 11) is 0. The summed E-state index contributed by atoms with van der Waals surface area (Å²) in [5.74, 6) is -1.35. The normalized spacial score (nSPS) is 19.9. The van der Waals surface area contributed by atoms with E-state index in [1.807, 2.05) is 12.2 Å². The van der Waals surface area contributed by atoms with E-state index in [0.29, 0.717) is 12.8 Å². The van der Waals surface area contributed by atoms with Gasteiger partial charge in [-0.15, -0.1) is 0 Å². The Balaban J connectivity index is 2.20. The number of esters is 1. The van der Waals surface area contributed by atoms with E-state index >= 15 is 0 Å². The molecule has 1 aliphatic carbocycles. The molecule has 0 aromatic carbocycles. The van der Waals surface area contributed by atoms with Gasteiger partial charge >= 0.3 is 11.9 Å². The number of carbonyl (C=O) groups excluding carboxylic acids is 1. The Morgan fingerprint density at radius 3 is 1.73 bits per heavy atom. The molecule has 0 aromatic heterocycles. The van der Waals surface area contributed by atoms with Crippen LogP contribution in [-0.2, 0) is 14.3 Å². The third-order valence-electron chi connectivity index (χ3n) is 6.33. The molecule has 0 amide bonds. The second-order valence-electron chi connectivity index (χ2n) is 9.87. The Morgan fingerprint density at radius 2 is 1.27 bits per heavy atom. The predicted molar refractivity (Wildman–Crippen MR) is 123 cm³/mol. The van der Waals surface area contributed by atoms with Gasteiger partial charge in [-0.2, -0.15) is 0 Å². The van der Waals surface area contributed by atoms with Crippen LogP contribution in [0.5, 0.6) is 0 Å². The number of rotatable bonds is 16. The van der Waals surface area contributed by atoms with Gasteiger partial charge in [0.15, 0.2) is 0 Å². The molecule has 0 saturated heterocycles. The zero-order chi connectivity index (χ0) is 22.4. The van der Waals surface area contributed by atoms with Gasteiger partial charge < -0.3 is 9.84 Å². The number of ether oxygens (including phenoxy) is 1. The molecule has 0 spiro atoms. The van der Waals surface area contributed by atoms with Gasteiger partial charge in [0.05, 0.1) is 11.8 Å². The van der Waals surface area contributed by atoms with E-state index in [1.54, 1.807) is 0 Å². The Hall–Kier alpha value is -1.32. The standard InChI is InChI=1S/C26H46O4/c1-20(2)16-12-10-8-6-5-7-9-11-13-19-24(21(3)4)30-26(29)23-18-15-14-17-22(23)25(27)28/h14-15,20-24H,5-13,16-19H2,1-4H3,(H,27,28). The molecule has 0 saturated carbocycles. The number of carbonyl (C=O) groups is 2. The van der Waals surface area contributed by atoms with E-state index in [4.69, 9.17) is 4.74 Å². The molecule has 0 radical (unpaired) electrons. The fourth-order valence-electron chi connectivity index (χ4n) is 4.25. The van der Waals surface area contributed by atoms with E-state index in [0.717, 1.165) is 18.8 Å². The molecule has 30 heavy (non-hydrogen) atoms. The van der Waals surface area contributed by atoms with Gasteiger partial charge in [0, 0.05) is 0 Å². The first-order valence-electron chi connectivity index (χ1n) is 12.4. The topological polar surface area (TPSA) is 63.6 Å². The minimum absolute atomic E-state index is 0.112. The number of aliphatic carboxylic acids is 1. The van der Waals surface area contributed by atoms with Crippen molar-refractivity contribution < 1.29 is 19.4 Å². The van der Waals surface area contributed by atoms with Crippen molar-refractivity contribution in [2.24, 2.45) is 23.7 Å². The predicted octanol–water partition coefficient (Wildman–Crippen LogP) is 7.17. The largest absolute Gasteiger partial charge is 0.481 e. The number of unbranched alkanes of at least 4 members (excludes halogenated alkanes) is 8. The van der Waals surface area contributed by atoms with Gasteiger partial charge in [-0.25, -0.2) is 0 Å². The lowest BCUT2D eigenvalue weighted by atomic mass is 9.83. The molecule has 0 aromatic rings. The molecule has 174 valence electrons. The van der Waals surface area contributed by atoms with Crippen molar-refractivity contribution in [1.82, 2.24) is 0 Å². The van der Waals surface area contributed by atoms with E-state index in [-0.39, 0.29) is 18.0 Å². The minimum atomic E-state index is -0.901. The number of hydrogen-bond acceptors (Lipinski definition) is 3. The van der Waals surface area contributed by atoms with Crippen molar-refractivity contribution in [3.8, 4) is 0 Å². The first-order valence-corrected chi connectivity index (χ1v) is 12.4. The summed E-state index contributed by atoms with van der Waals surface area (Å²) in [5.41, 5.74) is 0. The van der Waals surface area contributed by atoms with Crippen LogP contribution >= 0.6 is 0 Å². The van der Waals surface area contributed by atoms with Crippen molar-refractivity contribution in [3.63, 3.8) is 0 Å². The molecule has 0 bridgehead atoms. The molecular weight excluding hydrogens is 376 g/mol. The van der Waals surface area contributed by atoms with Gasteiger partial charge in [0.25, 0.3) is 0 Å². The molecule has 1 N–H and O–H groups in total. The van der Waals surface area contributed by atoms with Crippen LogP contribution in [0.4, 0.5) is 0 Å². The second-order valence-corrected chi connectivity index (χ2v) is 9.87. The quantitative estimate of drug-likeness (QED) is 0.163. The van der Waals surface area contributed by atoms with Gasteiger partial charge in [-0.05, 0) is 37.5 Å². The number of hydrogen-bond donors (Lipinski definition) is 1. The minimum Gasteiger partial charge on any atom is -0.481 e. The highest BCUT2D eigenvalue weighted by molar-refractivity contribution is 5.81. The summed E-state index contributed by atoms with van der Waals surface area (Å²) in [5, 5.41) is 9.39. The molecule has 3 unspecified atom stereocenters. The van der Waals surface area contributed by atoms with E-state index in [1.165, 1.54) is 57.8 Å². The highest BCUT2D eigenvalue weighted by Crippen LogP contribution is 2.29. The summed E-state index contributed by atoms with van der Waals surface area (Å²) in [4.78, 5) is 24.1. The number of carboxylic acid groups (broad SMARTS) is 1. The van der Waals surface area contributed by atoms with E-state index in [9.17, 15) is 14.7 Å². The summed E-state index contributed by atoms with van der Waals surface area (Å²) in [6.07, 6.45) is 18.3. The maximum atomic E-state index is 12.6. The maximum absolute atomic E-state index is 12.6. The Bertz CT molecular complexity index is 509. The van der Waals surface area contributed by atoms with Gasteiger partial charge in [0.1, 0.15) is 6.10 Å². The Labute approximate surface area is 184 Å². The molecule has 0 fully saturated rings. The molecule has 4 heteroatoms. The van der Waals surface area contributed by atoms with Crippen LogP contribution < -0.4 is 0 Å². The van der Waals surface area contributed by atoms with Crippen molar-refractivity contribution >= 4 is 11.9 Å². The smallest absolute Gasteiger partial charge is 0.310 e. The van der Waals surface area contributed by atoms with Gasteiger partial charge in [-0.1, -0.05) is 97.6 Å². The van der Waals surface area contributed by atoms with Crippen LogP contribution in [0.1, 0.15) is 111 Å². The highest BCUT2D eigenvalue weighted by atomic mass is 16.5. The third kappa shape index (κ3) is 11.2. The first-order chi connectivity index (χ1) is 14.3. The lowest BCUT2D eigenvalue weighted by molar-refractivity contribution is -0.164. The number of carboxylic acids is 1. The van der Waals surface area contributed by atoms with Crippen LogP contribution in [0, 0.1) is 23.7 Å². The van der Waals surface area contributed by atoms with Crippen molar-refractivity contribution in [3.05, 3.63) is 12.2 Å². The molecule has 0 heterocycles. The van der Waals surface area contributed by atoms with Crippen LogP contribution in [-0.4, -0.2) is 23.1 Å². The lowest BCUT2D eigenvalue weighted by Gasteiger charge is -2.28.